The molecule has 0 aliphatic heterocycles. The number of hydrogen-bond acceptors (Lipinski definition) is 2. The molecule has 1 aromatic carbocycles. The number of benzene rings is 1. The minimum absolute atomic E-state index is 0.167. The van der Waals surface area contributed by atoms with E-state index in [9.17, 15) is 9.18 Å². The average Bonchev–Trinajstić information content (AvgIpc) is 2.27. The van der Waals surface area contributed by atoms with Crippen molar-refractivity contribution in [1.29, 1.82) is 0 Å². The molecule has 0 N–H and O–H groups in total. The summed E-state index contributed by atoms with van der Waals surface area (Å²) in [6.45, 7) is 6.85. The molecule has 0 radical (unpaired) electrons. The molecule has 0 fully saturated rings. The van der Waals surface area contributed by atoms with E-state index in [2.05, 4.69) is 6.58 Å². The summed E-state index contributed by atoms with van der Waals surface area (Å²) in [5.74, 6) is -0.689. The number of carbonyl (C=O) groups is 1. The quantitative estimate of drug-likeness (QED) is 0.577. The van der Waals surface area contributed by atoms with Gasteiger partial charge >= 0.3 is 5.97 Å². The lowest BCUT2D eigenvalue weighted by molar-refractivity contribution is -0.143. The van der Waals surface area contributed by atoms with Crippen LogP contribution in [-0.4, -0.2) is 12.1 Å². The third-order valence-electron chi connectivity index (χ3n) is 2.00. The van der Waals surface area contributed by atoms with Gasteiger partial charge in [0.15, 0.2) is 6.17 Å². The van der Waals surface area contributed by atoms with Crippen LogP contribution in [0.2, 0.25) is 0 Å². The van der Waals surface area contributed by atoms with E-state index in [0.717, 1.165) is 0 Å². The predicted molar refractivity (Wildman–Crippen MR) is 60.7 cm³/mol. The Morgan fingerprint density at radius 2 is 1.88 bits per heavy atom. The van der Waals surface area contributed by atoms with Crippen molar-refractivity contribution in [3.05, 3.63) is 48.0 Å². The predicted octanol–water partition coefficient (Wildman–Crippen LogP) is 3.21. The standard InChI is InChI=1S/C13H15FO2/c1-9(2)16-13(15)10(3)12(14)11-7-5-4-6-8-11/h4-9,12H,3H2,1-2H3. The summed E-state index contributed by atoms with van der Waals surface area (Å²) in [5, 5.41) is 0. The zero-order chi connectivity index (χ0) is 12.1. The van der Waals surface area contributed by atoms with E-state index < -0.39 is 12.1 Å². The summed E-state index contributed by atoms with van der Waals surface area (Å²) in [4.78, 5) is 11.4. The highest BCUT2D eigenvalue weighted by molar-refractivity contribution is 5.89. The van der Waals surface area contributed by atoms with Crippen LogP contribution in [0.15, 0.2) is 42.5 Å². The first kappa shape index (κ1) is 12.4. The molecule has 0 aromatic heterocycles. The first-order valence-electron chi connectivity index (χ1n) is 5.11. The lowest BCUT2D eigenvalue weighted by Gasteiger charge is -2.13. The number of esters is 1. The molecule has 0 bridgehead atoms. The molecule has 86 valence electrons. The first-order chi connectivity index (χ1) is 7.52. The zero-order valence-corrected chi connectivity index (χ0v) is 9.44. The molecule has 0 heterocycles. The van der Waals surface area contributed by atoms with E-state index in [1.807, 2.05) is 0 Å². The fraction of sp³-hybridized carbons (Fsp3) is 0.308. The number of ether oxygens (including phenoxy) is 1. The van der Waals surface area contributed by atoms with Gasteiger partial charge in [0.05, 0.1) is 11.7 Å². The van der Waals surface area contributed by atoms with Crippen LogP contribution < -0.4 is 0 Å². The van der Waals surface area contributed by atoms with Crippen molar-refractivity contribution in [2.75, 3.05) is 0 Å². The summed E-state index contributed by atoms with van der Waals surface area (Å²) >= 11 is 0. The van der Waals surface area contributed by atoms with Gasteiger partial charge < -0.3 is 4.74 Å². The highest BCUT2D eigenvalue weighted by Crippen LogP contribution is 2.25. The molecule has 0 aliphatic rings. The van der Waals surface area contributed by atoms with Crippen LogP contribution in [0.25, 0.3) is 0 Å². The maximum atomic E-state index is 13.8. The van der Waals surface area contributed by atoms with Crippen LogP contribution in [0.3, 0.4) is 0 Å². The van der Waals surface area contributed by atoms with Gasteiger partial charge in [0.1, 0.15) is 0 Å². The van der Waals surface area contributed by atoms with Crippen molar-refractivity contribution >= 4 is 5.97 Å². The van der Waals surface area contributed by atoms with Gasteiger partial charge in [-0.25, -0.2) is 9.18 Å². The Kier molecular flexibility index (Phi) is 4.23. The average molecular weight is 222 g/mol. The van der Waals surface area contributed by atoms with E-state index in [4.69, 9.17) is 4.74 Å². The van der Waals surface area contributed by atoms with Gasteiger partial charge in [-0.2, -0.15) is 0 Å². The van der Waals surface area contributed by atoms with Crippen molar-refractivity contribution in [1.82, 2.24) is 0 Å². The van der Waals surface area contributed by atoms with Gasteiger partial charge in [-0.1, -0.05) is 36.9 Å². The summed E-state index contributed by atoms with van der Waals surface area (Å²) in [6, 6.07) is 8.42. The topological polar surface area (TPSA) is 26.3 Å². The Balaban J connectivity index is 2.72. The molecule has 1 aromatic rings. The molecular formula is C13H15FO2. The Bertz CT molecular complexity index is 371. The molecule has 0 amide bonds. The third kappa shape index (κ3) is 3.19. The number of rotatable bonds is 4. The smallest absolute Gasteiger partial charge is 0.336 e. The summed E-state index contributed by atoms with van der Waals surface area (Å²) < 4.78 is 18.7. The highest BCUT2D eigenvalue weighted by Gasteiger charge is 2.21. The number of halogens is 1. The van der Waals surface area contributed by atoms with Gasteiger partial charge in [0, 0.05) is 0 Å². The normalized spacial score (nSPS) is 12.2. The maximum Gasteiger partial charge on any atom is 0.336 e. The van der Waals surface area contributed by atoms with Crippen molar-refractivity contribution in [3.63, 3.8) is 0 Å². The number of hydrogen-bond donors (Lipinski definition) is 0. The van der Waals surface area contributed by atoms with Gasteiger partial charge in [-0.3, -0.25) is 0 Å². The first-order valence-corrected chi connectivity index (χ1v) is 5.11. The van der Waals surface area contributed by atoms with Crippen molar-refractivity contribution < 1.29 is 13.9 Å². The van der Waals surface area contributed by atoms with Crippen LogP contribution in [0.1, 0.15) is 25.6 Å². The van der Waals surface area contributed by atoms with Crippen LogP contribution in [0, 0.1) is 0 Å². The van der Waals surface area contributed by atoms with Crippen LogP contribution in [0.5, 0.6) is 0 Å². The molecule has 1 unspecified atom stereocenters. The molecule has 0 aliphatic carbocycles. The van der Waals surface area contributed by atoms with E-state index in [1.54, 1.807) is 44.2 Å². The molecule has 1 rings (SSSR count). The Hall–Kier alpha value is -1.64. The maximum absolute atomic E-state index is 13.8. The van der Waals surface area contributed by atoms with Crippen molar-refractivity contribution in [2.24, 2.45) is 0 Å². The van der Waals surface area contributed by atoms with E-state index in [1.165, 1.54) is 0 Å². The SMILES string of the molecule is C=C(C(=O)OC(C)C)C(F)c1ccccc1. The monoisotopic (exact) mass is 222 g/mol. The molecule has 2 nitrogen and oxygen atoms in total. The summed E-state index contributed by atoms with van der Waals surface area (Å²) in [7, 11) is 0. The lowest BCUT2D eigenvalue weighted by Crippen LogP contribution is -2.15. The molecular weight excluding hydrogens is 207 g/mol. The molecule has 1 atom stereocenters. The second-order valence-corrected chi connectivity index (χ2v) is 3.75. The van der Waals surface area contributed by atoms with Gasteiger partial charge in [-0.15, -0.1) is 0 Å². The van der Waals surface area contributed by atoms with Crippen molar-refractivity contribution in [2.45, 2.75) is 26.1 Å². The summed E-state index contributed by atoms with van der Waals surface area (Å²) in [5.41, 5.74) is 0.244. The second kappa shape index (κ2) is 5.45. The number of carbonyl (C=O) groups excluding carboxylic acids is 1. The number of alkyl halides is 1. The lowest BCUT2D eigenvalue weighted by atomic mass is 10.0. The minimum atomic E-state index is -1.51. The minimum Gasteiger partial charge on any atom is -0.460 e. The fourth-order valence-corrected chi connectivity index (χ4v) is 1.22. The molecule has 3 heteroatoms. The molecule has 0 spiro atoms. The van der Waals surface area contributed by atoms with Crippen LogP contribution >= 0.6 is 0 Å². The zero-order valence-electron chi connectivity index (χ0n) is 9.44. The summed E-state index contributed by atoms with van der Waals surface area (Å²) in [6.07, 6.45) is -1.78. The van der Waals surface area contributed by atoms with Gasteiger partial charge in [-0.05, 0) is 19.4 Å². The van der Waals surface area contributed by atoms with Crippen LogP contribution in [0.4, 0.5) is 4.39 Å². The molecule has 0 saturated heterocycles. The highest BCUT2D eigenvalue weighted by atomic mass is 19.1. The van der Waals surface area contributed by atoms with Gasteiger partial charge in [0.25, 0.3) is 0 Å². The van der Waals surface area contributed by atoms with E-state index in [-0.39, 0.29) is 11.7 Å². The largest absolute Gasteiger partial charge is 0.460 e. The Labute approximate surface area is 94.7 Å². The van der Waals surface area contributed by atoms with E-state index in [0.29, 0.717) is 5.56 Å². The molecule has 16 heavy (non-hydrogen) atoms. The van der Waals surface area contributed by atoms with E-state index >= 15 is 0 Å². The van der Waals surface area contributed by atoms with Gasteiger partial charge in [0.2, 0.25) is 0 Å². The Morgan fingerprint density at radius 1 is 1.31 bits per heavy atom. The van der Waals surface area contributed by atoms with Crippen LogP contribution in [-0.2, 0) is 9.53 Å². The second-order valence-electron chi connectivity index (χ2n) is 3.75. The Morgan fingerprint density at radius 3 is 2.38 bits per heavy atom. The molecule has 0 saturated carbocycles. The third-order valence-corrected chi connectivity index (χ3v) is 2.00. The fourth-order valence-electron chi connectivity index (χ4n) is 1.22. The van der Waals surface area contributed by atoms with Crippen molar-refractivity contribution in [3.8, 4) is 0 Å².